The average molecular weight is 322 g/mol. The highest BCUT2D eigenvalue weighted by atomic mass is 16.5. The Hall–Kier alpha value is -2.49. The summed E-state index contributed by atoms with van der Waals surface area (Å²) in [6.07, 6.45) is 1.67. The van der Waals surface area contributed by atoms with Gasteiger partial charge >= 0.3 is 0 Å². The number of benzene rings is 2. The lowest BCUT2D eigenvalue weighted by Gasteiger charge is -2.30. The number of anilines is 2. The quantitative estimate of drug-likeness (QED) is 0.868. The molecule has 2 aromatic rings. The Bertz CT molecular complexity index is 759. The first-order valence-electron chi connectivity index (χ1n) is 8.62. The highest BCUT2D eigenvalue weighted by Gasteiger charge is 2.33. The molecule has 0 fully saturated rings. The predicted octanol–water partition coefficient (Wildman–Crippen LogP) is 3.79. The van der Waals surface area contributed by atoms with Crippen LogP contribution in [0.5, 0.6) is 5.75 Å². The SMILES string of the molecule is C[C@H]1CCN(C(=O)[C@@H]2CCOc3ccccc32)c2ccccc2N1. The van der Waals surface area contributed by atoms with E-state index in [1.807, 2.05) is 47.4 Å². The molecule has 124 valence electrons. The van der Waals surface area contributed by atoms with E-state index in [1.165, 1.54) is 0 Å². The molecule has 4 heteroatoms. The van der Waals surface area contributed by atoms with Crippen molar-refractivity contribution in [2.75, 3.05) is 23.4 Å². The van der Waals surface area contributed by atoms with Crippen LogP contribution >= 0.6 is 0 Å². The van der Waals surface area contributed by atoms with Crippen molar-refractivity contribution in [1.29, 1.82) is 0 Å². The van der Waals surface area contributed by atoms with Crippen LogP contribution in [0.1, 0.15) is 31.2 Å². The molecule has 2 aromatic carbocycles. The monoisotopic (exact) mass is 322 g/mol. The van der Waals surface area contributed by atoms with E-state index in [1.54, 1.807) is 0 Å². The highest BCUT2D eigenvalue weighted by molar-refractivity contribution is 6.01. The van der Waals surface area contributed by atoms with Gasteiger partial charge in [0.1, 0.15) is 5.75 Å². The Morgan fingerprint density at radius 1 is 1.12 bits per heavy atom. The minimum atomic E-state index is -0.128. The number of carbonyl (C=O) groups excluding carboxylic acids is 1. The van der Waals surface area contributed by atoms with Gasteiger partial charge in [-0.05, 0) is 38.0 Å². The van der Waals surface area contributed by atoms with Gasteiger partial charge in [0.2, 0.25) is 5.91 Å². The van der Waals surface area contributed by atoms with Gasteiger partial charge < -0.3 is 15.0 Å². The van der Waals surface area contributed by atoms with E-state index < -0.39 is 0 Å². The lowest BCUT2D eigenvalue weighted by Crippen LogP contribution is -2.37. The summed E-state index contributed by atoms with van der Waals surface area (Å²) in [6, 6.07) is 16.3. The van der Waals surface area contributed by atoms with E-state index in [0.717, 1.165) is 42.1 Å². The summed E-state index contributed by atoms with van der Waals surface area (Å²) in [5.74, 6) is 0.891. The van der Waals surface area contributed by atoms with Crippen LogP contribution < -0.4 is 15.0 Å². The zero-order valence-electron chi connectivity index (χ0n) is 13.9. The smallest absolute Gasteiger partial charge is 0.234 e. The second-order valence-corrected chi connectivity index (χ2v) is 6.57. The minimum absolute atomic E-state index is 0.128. The molecule has 4 nitrogen and oxygen atoms in total. The van der Waals surface area contributed by atoms with Gasteiger partial charge in [0, 0.05) is 18.2 Å². The first-order chi connectivity index (χ1) is 11.7. The molecule has 1 N–H and O–H groups in total. The molecular weight excluding hydrogens is 300 g/mol. The molecule has 0 saturated carbocycles. The molecule has 0 saturated heterocycles. The zero-order chi connectivity index (χ0) is 16.5. The molecule has 2 atom stereocenters. The Kier molecular flexibility index (Phi) is 3.89. The molecule has 2 aliphatic heterocycles. The van der Waals surface area contributed by atoms with Crippen LogP contribution in [0.15, 0.2) is 48.5 Å². The molecular formula is C20H22N2O2. The van der Waals surface area contributed by atoms with Gasteiger partial charge in [-0.1, -0.05) is 30.3 Å². The van der Waals surface area contributed by atoms with E-state index in [0.29, 0.717) is 12.6 Å². The maximum absolute atomic E-state index is 13.4. The number of hydrogen-bond donors (Lipinski definition) is 1. The van der Waals surface area contributed by atoms with Crippen molar-refractivity contribution in [1.82, 2.24) is 0 Å². The second-order valence-electron chi connectivity index (χ2n) is 6.57. The highest BCUT2D eigenvalue weighted by Crippen LogP contribution is 2.38. The van der Waals surface area contributed by atoms with Gasteiger partial charge in [-0.3, -0.25) is 4.79 Å². The largest absolute Gasteiger partial charge is 0.493 e. The number of rotatable bonds is 1. The first-order valence-corrected chi connectivity index (χ1v) is 8.62. The van der Waals surface area contributed by atoms with Crippen molar-refractivity contribution in [2.45, 2.75) is 31.7 Å². The van der Waals surface area contributed by atoms with Gasteiger partial charge in [-0.2, -0.15) is 0 Å². The number of hydrogen-bond acceptors (Lipinski definition) is 3. The summed E-state index contributed by atoms with van der Waals surface area (Å²) in [7, 11) is 0. The third-order valence-corrected chi connectivity index (χ3v) is 4.91. The molecule has 0 radical (unpaired) electrons. The zero-order valence-corrected chi connectivity index (χ0v) is 13.9. The number of carbonyl (C=O) groups is 1. The minimum Gasteiger partial charge on any atom is -0.493 e. The predicted molar refractivity (Wildman–Crippen MR) is 95.8 cm³/mol. The summed E-state index contributed by atoms with van der Waals surface area (Å²) in [6.45, 7) is 3.50. The fourth-order valence-corrected chi connectivity index (χ4v) is 3.63. The van der Waals surface area contributed by atoms with Crippen LogP contribution in [0.2, 0.25) is 0 Å². The standard InChI is InChI=1S/C20H22N2O2/c1-14-10-12-22(18-8-4-3-7-17(18)21-14)20(23)16-11-13-24-19-9-5-2-6-15(16)19/h2-9,14,16,21H,10-13H2,1H3/t14-,16+/m0/s1. The third kappa shape index (κ3) is 2.62. The van der Waals surface area contributed by atoms with Crippen LogP contribution in [0, 0.1) is 0 Å². The lowest BCUT2D eigenvalue weighted by molar-refractivity contribution is -0.120. The van der Waals surface area contributed by atoms with Crippen LogP contribution in [0.3, 0.4) is 0 Å². The Morgan fingerprint density at radius 2 is 1.92 bits per heavy atom. The molecule has 0 unspecified atom stereocenters. The normalized spacial score (nSPS) is 22.5. The Balaban J connectivity index is 1.70. The average Bonchev–Trinajstić information content (AvgIpc) is 2.79. The maximum Gasteiger partial charge on any atom is 0.234 e. The van der Waals surface area contributed by atoms with Crippen LogP contribution in [-0.2, 0) is 4.79 Å². The van der Waals surface area contributed by atoms with E-state index in [2.05, 4.69) is 18.3 Å². The fraction of sp³-hybridized carbons (Fsp3) is 0.350. The number of ether oxygens (including phenoxy) is 1. The maximum atomic E-state index is 13.4. The van der Waals surface area contributed by atoms with Gasteiger partial charge in [-0.25, -0.2) is 0 Å². The molecule has 4 rings (SSSR count). The summed E-state index contributed by atoms with van der Waals surface area (Å²) in [4.78, 5) is 15.3. The van der Waals surface area contributed by atoms with Crippen molar-refractivity contribution in [2.24, 2.45) is 0 Å². The van der Waals surface area contributed by atoms with Gasteiger partial charge in [0.15, 0.2) is 0 Å². The topological polar surface area (TPSA) is 41.6 Å². The Morgan fingerprint density at radius 3 is 2.83 bits per heavy atom. The molecule has 0 spiro atoms. The summed E-state index contributed by atoms with van der Waals surface area (Å²) in [5.41, 5.74) is 3.03. The molecule has 24 heavy (non-hydrogen) atoms. The van der Waals surface area contributed by atoms with E-state index in [9.17, 15) is 4.79 Å². The van der Waals surface area contributed by atoms with Crippen LogP contribution in [0.4, 0.5) is 11.4 Å². The first kappa shape index (κ1) is 15.1. The van der Waals surface area contributed by atoms with Crippen LogP contribution in [-0.4, -0.2) is 25.1 Å². The van der Waals surface area contributed by atoms with Gasteiger partial charge in [0.05, 0.1) is 23.9 Å². The molecule has 0 bridgehead atoms. The van der Waals surface area contributed by atoms with Crippen LogP contribution in [0.25, 0.3) is 0 Å². The number of para-hydroxylation sites is 3. The molecule has 2 aliphatic rings. The number of amides is 1. The summed E-state index contributed by atoms with van der Waals surface area (Å²) < 4.78 is 5.72. The fourth-order valence-electron chi connectivity index (χ4n) is 3.63. The van der Waals surface area contributed by atoms with Gasteiger partial charge in [0.25, 0.3) is 0 Å². The van der Waals surface area contributed by atoms with E-state index in [4.69, 9.17) is 4.74 Å². The Labute approximate surface area is 142 Å². The third-order valence-electron chi connectivity index (χ3n) is 4.91. The molecule has 1 amide bonds. The molecule has 0 aliphatic carbocycles. The number of nitrogens with zero attached hydrogens (tertiary/aromatic N) is 1. The summed E-state index contributed by atoms with van der Waals surface area (Å²) in [5, 5.41) is 3.51. The van der Waals surface area contributed by atoms with Crippen molar-refractivity contribution < 1.29 is 9.53 Å². The van der Waals surface area contributed by atoms with Crippen molar-refractivity contribution in [3.05, 3.63) is 54.1 Å². The van der Waals surface area contributed by atoms with E-state index in [-0.39, 0.29) is 11.8 Å². The van der Waals surface area contributed by atoms with Crippen molar-refractivity contribution >= 4 is 17.3 Å². The van der Waals surface area contributed by atoms with Gasteiger partial charge in [-0.15, -0.1) is 0 Å². The lowest BCUT2D eigenvalue weighted by atomic mass is 9.91. The number of nitrogens with one attached hydrogen (secondary N) is 1. The molecule has 2 heterocycles. The number of fused-ring (bicyclic) bond motifs is 2. The second kappa shape index (κ2) is 6.19. The van der Waals surface area contributed by atoms with E-state index >= 15 is 0 Å². The summed E-state index contributed by atoms with van der Waals surface area (Å²) >= 11 is 0. The molecule has 0 aromatic heterocycles. The van der Waals surface area contributed by atoms with Crippen molar-refractivity contribution in [3.63, 3.8) is 0 Å². The van der Waals surface area contributed by atoms with Crippen molar-refractivity contribution in [3.8, 4) is 5.75 Å².